The van der Waals surface area contributed by atoms with Crippen LogP contribution in [0.25, 0.3) is 0 Å². The molecular weight excluding hydrogens is 298 g/mol. The minimum Gasteiger partial charge on any atom is -0.273 e. The van der Waals surface area contributed by atoms with E-state index in [1.54, 1.807) is 0 Å². The molecular formula is C17H39NO3S. The van der Waals surface area contributed by atoms with Crippen molar-refractivity contribution < 1.29 is 13.0 Å². The van der Waals surface area contributed by atoms with E-state index in [2.05, 4.69) is 13.8 Å². The Hall–Kier alpha value is -0.130. The summed E-state index contributed by atoms with van der Waals surface area (Å²) < 4.78 is 28.3. The monoisotopic (exact) mass is 337 g/mol. The molecule has 1 N–H and O–H groups in total. The van der Waals surface area contributed by atoms with Gasteiger partial charge in [0.1, 0.15) is 0 Å². The highest BCUT2D eigenvalue weighted by molar-refractivity contribution is 7.83. The Balaban J connectivity index is 0. The molecule has 0 fully saturated rings. The van der Waals surface area contributed by atoms with Gasteiger partial charge >= 0.3 is 10.3 Å². The van der Waals surface area contributed by atoms with Crippen molar-refractivity contribution in [3.63, 3.8) is 0 Å². The van der Waals surface area contributed by atoms with Crippen LogP contribution < -0.4 is 0 Å². The fraction of sp³-hybridized carbons (Fsp3) is 1.00. The predicted molar refractivity (Wildman–Crippen MR) is 96.6 cm³/mol. The van der Waals surface area contributed by atoms with Crippen molar-refractivity contribution in [2.75, 3.05) is 14.1 Å². The molecule has 0 saturated heterocycles. The summed E-state index contributed by atoms with van der Waals surface area (Å²) in [5.41, 5.74) is 0. The molecule has 0 aromatic heterocycles. The van der Waals surface area contributed by atoms with E-state index in [0.29, 0.717) is 4.31 Å². The molecule has 0 spiro atoms. The van der Waals surface area contributed by atoms with Crippen molar-refractivity contribution in [2.45, 2.75) is 97.3 Å². The van der Waals surface area contributed by atoms with Crippen LogP contribution in [0, 0.1) is 0 Å². The second kappa shape index (κ2) is 17.2. The maximum absolute atomic E-state index is 9.81. The van der Waals surface area contributed by atoms with Gasteiger partial charge in [-0.15, -0.1) is 0 Å². The highest BCUT2D eigenvalue weighted by Gasteiger charge is 2.04. The molecule has 5 heteroatoms. The van der Waals surface area contributed by atoms with Crippen molar-refractivity contribution in [1.82, 2.24) is 4.31 Å². The molecule has 0 bridgehead atoms. The van der Waals surface area contributed by atoms with E-state index >= 15 is 0 Å². The van der Waals surface area contributed by atoms with Gasteiger partial charge in [0, 0.05) is 14.1 Å². The quantitative estimate of drug-likeness (QED) is 0.359. The van der Waals surface area contributed by atoms with Gasteiger partial charge in [0.15, 0.2) is 0 Å². The van der Waals surface area contributed by atoms with Gasteiger partial charge in [-0.3, -0.25) is 4.55 Å². The van der Waals surface area contributed by atoms with Gasteiger partial charge in [0.25, 0.3) is 0 Å². The third-order valence-electron chi connectivity index (χ3n) is 3.67. The Morgan fingerprint density at radius 3 is 0.955 bits per heavy atom. The molecule has 0 aliphatic heterocycles. The normalized spacial score (nSPS) is 11.4. The van der Waals surface area contributed by atoms with E-state index in [1.807, 2.05) is 0 Å². The minimum atomic E-state index is -3.91. The van der Waals surface area contributed by atoms with E-state index in [4.69, 9.17) is 4.55 Å². The van der Waals surface area contributed by atoms with Crippen molar-refractivity contribution in [1.29, 1.82) is 0 Å². The average Bonchev–Trinajstić information content (AvgIpc) is 2.44. The molecule has 0 radical (unpaired) electrons. The molecule has 0 amide bonds. The summed E-state index contributed by atoms with van der Waals surface area (Å²) in [5.74, 6) is 0. The van der Waals surface area contributed by atoms with Crippen LogP contribution in [0.4, 0.5) is 0 Å². The third-order valence-corrected chi connectivity index (χ3v) is 4.59. The highest BCUT2D eigenvalue weighted by Crippen LogP contribution is 2.12. The Labute approximate surface area is 139 Å². The number of unbranched alkanes of at least 4 members (excludes halogenated alkanes) is 12. The fourth-order valence-corrected chi connectivity index (χ4v) is 2.09. The van der Waals surface area contributed by atoms with Crippen LogP contribution in [0.15, 0.2) is 0 Å². The zero-order chi connectivity index (χ0) is 17.3. The van der Waals surface area contributed by atoms with Gasteiger partial charge in [0.2, 0.25) is 0 Å². The van der Waals surface area contributed by atoms with Crippen molar-refractivity contribution in [2.24, 2.45) is 0 Å². The first-order chi connectivity index (χ1) is 10.4. The van der Waals surface area contributed by atoms with Crippen LogP contribution >= 0.6 is 0 Å². The maximum atomic E-state index is 9.81. The van der Waals surface area contributed by atoms with E-state index in [0.717, 1.165) is 0 Å². The third kappa shape index (κ3) is 22.2. The minimum absolute atomic E-state index is 0.715. The summed E-state index contributed by atoms with van der Waals surface area (Å²) in [5, 5.41) is 0. The first-order valence-electron chi connectivity index (χ1n) is 9.01. The van der Waals surface area contributed by atoms with Crippen LogP contribution in [0.2, 0.25) is 0 Å². The summed E-state index contributed by atoms with van der Waals surface area (Å²) in [4.78, 5) is 0. The van der Waals surface area contributed by atoms with Crippen molar-refractivity contribution >= 4 is 10.3 Å². The molecule has 0 heterocycles. The lowest BCUT2D eigenvalue weighted by Crippen LogP contribution is -2.20. The van der Waals surface area contributed by atoms with Crippen molar-refractivity contribution in [3.8, 4) is 0 Å². The number of nitrogens with zero attached hydrogens (tertiary/aromatic N) is 1. The molecule has 4 nitrogen and oxygen atoms in total. The molecule has 0 unspecified atom stereocenters. The smallest absolute Gasteiger partial charge is 0.273 e. The van der Waals surface area contributed by atoms with Crippen LogP contribution in [0.1, 0.15) is 97.3 Å². The molecule has 0 atom stereocenters. The number of hydrogen-bond donors (Lipinski definition) is 1. The van der Waals surface area contributed by atoms with Crippen LogP contribution in [-0.2, 0) is 10.3 Å². The summed E-state index contributed by atoms with van der Waals surface area (Å²) in [6.45, 7) is 4.58. The van der Waals surface area contributed by atoms with Gasteiger partial charge in [-0.1, -0.05) is 97.3 Å². The Kier molecular flexibility index (Phi) is 18.9. The molecule has 0 aromatic carbocycles. The van der Waals surface area contributed by atoms with Crippen molar-refractivity contribution in [3.05, 3.63) is 0 Å². The van der Waals surface area contributed by atoms with E-state index in [9.17, 15) is 8.42 Å². The van der Waals surface area contributed by atoms with Gasteiger partial charge in [-0.25, -0.2) is 0 Å². The second-order valence-corrected chi connectivity index (χ2v) is 7.78. The highest BCUT2D eigenvalue weighted by atomic mass is 32.2. The lowest BCUT2D eigenvalue weighted by atomic mass is 10.1. The fourth-order valence-electron chi connectivity index (χ4n) is 2.09. The Morgan fingerprint density at radius 1 is 0.636 bits per heavy atom. The summed E-state index contributed by atoms with van der Waals surface area (Å²) >= 11 is 0. The largest absolute Gasteiger partial charge is 0.335 e. The molecule has 136 valence electrons. The summed E-state index contributed by atoms with van der Waals surface area (Å²) in [7, 11) is -1.42. The second-order valence-electron chi connectivity index (χ2n) is 6.15. The van der Waals surface area contributed by atoms with Gasteiger partial charge < -0.3 is 0 Å². The standard InChI is InChI=1S/C15H32.C2H7NO3S/c1-3-5-7-9-11-13-15-14-12-10-8-6-4-2;1-3(2)7(4,5)6/h3-15H2,1-2H3;1-2H3,(H,4,5,6). The van der Waals surface area contributed by atoms with Crippen LogP contribution in [-0.4, -0.2) is 31.4 Å². The van der Waals surface area contributed by atoms with Crippen LogP contribution in [0.3, 0.4) is 0 Å². The average molecular weight is 338 g/mol. The number of rotatable bonds is 13. The van der Waals surface area contributed by atoms with Gasteiger partial charge in [-0.2, -0.15) is 12.7 Å². The molecule has 0 aromatic rings. The Morgan fingerprint density at radius 2 is 0.818 bits per heavy atom. The number of hydrogen-bond acceptors (Lipinski definition) is 2. The van der Waals surface area contributed by atoms with Gasteiger partial charge in [0.05, 0.1) is 0 Å². The van der Waals surface area contributed by atoms with Gasteiger partial charge in [-0.05, 0) is 0 Å². The van der Waals surface area contributed by atoms with Crippen LogP contribution in [0.5, 0.6) is 0 Å². The molecule has 0 aliphatic rings. The Bertz CT molecular complexity index is 291. The predicted octanol–water partition coefficient (Wildman–Crippen LogP) is 5.45. The zero-order valence-electron chi connectivity index (χ0n) is 15.3. The first kappa shape index (κ1) is 24.1. The van der Waals surface area contributed by atoms with E-state index < -0.39 is 10.3 Å². The van der Waals surface area contributed by atoms with E-state index in [-0.39, 0.29) is 0 Å². The lowest BCUT2D eigenvalue weighted by molar-refractivity contribution is 0.416. The van der Waals surface area contributed by atoms with E-state index in [1.165, 1.54) is 97.6 Å². The summed E-state index contributed by atoms with van der Waals surface area (Å²) in [6, 6.07) is 0. The first-order valence-corrected chi connectivity index (χ1v) is 10.4. The SMILES string of the molecule is CCCCCCCCCCCCCCC.CN(C)S(=O)(=O)O. The topological polar surface area (TPSA) is 57.6 Å². The molecule has 22 heavy (non-hydrogen) atoms. The lowest BCUT2D eigenvalue weighted by Gasteiger charge is -2.01. The molecule has 0 rings (SSSR count). The zero-order valence-corrected chi connectivity index (χ0v) is 16.1. The molecule has 0 saturated carbocycles. The maximum Gasteiger partial charge on any atom is 0.335 e. The molecule has 0 aliphatic carbocycles. The summed E-state index contributed by atoms with van der Waals surface area (Å²) in [6.07, 6.45) is 18.9.